The average molecular weight is 705 g/mol. The van der Waals surface area contributed by atoms with Gasteiger partial charge in [-0.1, -0.05) is 72.8 Å². The lowest BCUT2D eigenvalue weighted by Gasteiger charge is -2.54. The highest BCUT2D eigenvalue weighted by Gasteiger charge is 2.79. The highest BCUT2D eigenvalue weighted by atomic mass is 32.3. The minimum Gasteiger partial charge on any atom is -0.459 e. The fourth-order valence-corrected chi connectivity index (χ4v) is 17.6. The van der Waals surface area contributed by atoms with Crippen LogP contribution in [0.15, 0.2) is 136 Å². The third-order valence-corrected chi connectivity index (χ3v) is 18.4. The van der Waals surface area contributed by atoms with Crippen LogP contribution in [0.2, 0.25) is 0 Å². The van der Waals surface area contributed by atoms with Crippen molar-refractivity contribution in [3.8, 4) is 0 Å². The Labute approximate surface area is 263 Å². The van der Waals surface area contributed by atoms with E-state index in [1.165, 1.54) is 84.9 Å². The Bertz CT molecular complexity index is 1730. The summed E-state index contributed by atoms with van der Waals surface area (Å²) in [4.78, 5) is 11.6. The molecule has 0 heterocycles. The van der Waals surface area contributed by atoms with Crippen LogP contribution in [0, 0.1) is 0 Å². The molecule has 0 N–H and O–H groups in total. The topological polar surface area (TPSA) is 94.6 Å². The molecule has 0 aliphatic heterocycles. The maximum absolute atomic E-state index is 15.0. The van der Waals surface area contributed by atoms with Crippen LogP contribution >= 0.6 is 10.0 Å². The number of esters is 1. The standard InChI is InChI=1S/C31H26F6O6S3/c1-23(43-28(38)24-14-6-2-7-15-24)22-29(45(39,40)30(32,33)34,46(41,42)31(35,36)37)44(25-16-8-3-9-17-25,26-18-10-4-11-19-26)27-20-12-5-13-21-27/h2-21,23H,22H2,1H3. The van der Waals surface area contributed by atoms with Gasteiger partial charge in [0.15, 0.2) is 0 Å². The Hall–Kier alpha value is -3.82. The first-order valence-electron chi connectivity index (χ1n) is 13.3. The highest BCUT2D eigenvalue weighted by molar-refractivity contribution is 8.47. The Kier molecular flexibility index (Phi) is 9.72. The molecule has 4 rings (SSSR count). The molecule has 0 amide bonds. The van der Waals surface area contributed by atoms with Crippen molar-refractivity contribution in [2.45, 2.75) is 48.6 Å². The van der Waals surface area contributed by atoms with E-state index < -0.39 is 77.3 Å². The minimum absolute atomic E-state index is 0.162. The van der Waals surface area contributed by atoms with E-state index in [2.05, 4.69) is 0 Å². The number of rotatable bonds is 10. The summed E-state index contributed by atoms with van der Waals surface area (Å²) in [6, 6.07) is 24.9. The molecule has 0 aliphatic carbocycles. The van der Waals surface area contributed by atoms with Crippen molar-refractivity contribution in [3.05, 3.63) is 127 Å². The number of benzene rings is 4. The van der Waals surface area contributed by atoms with Gasteiger partial charge in [-0.15, -0.1) is 10.0 Å². The first-order chi connectivity index (χ1) is 21.4. The van der Waals surface area contributed by atoms with Crippen molar-refractivity contribution < 1.29 is 52.7 Å². The van der Waals surface area contributed by atoms with Crippen LogP contribution in [0.5, 0.6) is 0 Å². The van der Waals surface area contributed by atoms with Crippen molar-refractivity contribution in [2.75, 3.05) is 0 Å². The van der Waals surface area contributed by atoms with Crippen molar-refractivity contribution in [2.24, 2.45) is 0 Å². The fourth-order valence-electron chi connectivity index (χ4n) is 5.21. The Morgan fingerprint density at radius 3 is 1.20 bits per heavy atom. The number of hydrogen-bond acceptors (Lipinski definition) is 6. The van der Waals surface area contributed by atoms with E-state index in [-0.39, 0.29) is 5.56 Å². The maximum Gasteiger partial charge on any atom is 0.499 e. The molecule has 46 heavy (non-hydrogen) atoms. The molecule has 0 bridgehead atoms. The zero-order valence-corrected chi connectivity index (χ0v) is 26.2. The molecule has 0 fully saturated rings. The molecule has 1 unspecified atom stereocenters. The molecule has 0 aromatic heterocycles. The van der Waals surface area contributed by atoms with E-state index in [0.717, 1.165) is 43.3 Å². The van der Waals surface area contributed by atoms with Crippen molar-refractivity contribution in [1.82, 2.24) is 0 Å². The van der Waals surface area contributed by atoms with E-state index in [9.17, 15) is 48.0 Å². The minimum atomic E-state index is -7.40. The third-order valence-electron chi connectivity index (χ3n) is 7.04. The fraction of sp³-hybridized carbons (Fsp3) is 0.194. The largest absolute Gasteiger partial charge is 0.499 e. The number of alkyl halides is 6. The average Bonchev–Trinajstić information content (AvgIpc) is 3.01. The number of halogens is 6. The van der Waals surface area contributed by atoms with Crippen molar-refractivity contribution in [3.63, 3.8) is 0 Å². The number of hydrogen-bond donors (Lipinski definition) is 0. The van der Waals surface area contributed by atoms with Crippen LogP contribution in [0.1, 0.15) is 23.7 Å². The van der Waals surface area contributed by atoms with Crippen LogP contribution in [-0.2, 0) is 24.4 Å². The Morgan fingerprint density at radius 2 is 0.891 bits per heavy atom. The van der Waals surface area contributed by atoms with Gasteiger partial charge < -0.3 is 4.74 Å². The van der Waals surface area contributed by atoms with Crippen molar-refractivity contribution >= 4 is 35.7 Å². The summed E-state index contributed by atoms with van der Waals surface area (Å²) in [5.74, 6) is -1.23. The van der Waals surface area contributed by atoms with Crippen LogP contribution in [0.25, 0.3) is 0 Å². The molecule has 246 valence electrons. The summed E-state index contributed by atoms with van der Waals surface area (Å²) in [5, 5.41) is 0. The summed E-state index contributed by atoms with van der Waals surface area (Å²) in [6.07, 6.45) is -4.06. The van der Waals surface area contributed by atoms with E-state index in [1.54, 1.807) is 0 Å². The molecular weight excluding hydrogens is 679 g/mol. The predicted molar refractivity (Wildman–Crippen MR) is 160 cm³/mol. The SMILES string of the molecule is CC(CC(S(c1ccccc1)(c1ccccc1)c1ccccc1)(S(=O)(=O)C(F)(F)F)S(=O)(=O)C(F)(F)F)OC(=O)c1ccccc1. The molecular formula is C31H26F6O6S3. The first-order valence-corrected chi connectivity index (χ1v) is 17.9. The van der Waals surface area contributed by atoms with Gasteiger partial charge in [-0.05, 0) is 55.5 Å². The molecule has 6 nitrogen and oxygen atoms in total. The molecule has 0 saturated carbocycles. The van der Waals surface area contributed by atoms with Gasteiger partial charge in [0.2, 0.25) is 3.41 Å². The summed E-state index contributed by atoms with van der Waals surface area (Å²) in [5.41, 5.74) is -13.2. The second-order valence-corrected chi connectivity index (χ2v) is 18.4. The van der Waals surface area contributed by atoms with Crippen LogP contribution in [-0.4, -0.2) is 43.3 Å². The molecule has 4 aromatic carbocycles. The number of sulfone groups is 2. The second kappa shape index (κ2) is 12.8. The van der Waals surface area contributed by atoms with Gasteiger partial charge in [0, 0.05) is 21.1 Å². The van der Waals surface area contributed by atoms with Crippen LogP contribution in [0.3, 0.4) is 0 Å². The zero-order valence-electron chi connectivity index (χ0n) is 23.8. The zero-order chi connectivity index (χ0) is 34.0. The molecule has 0 spiro atoms. The third kappa shape index (κ3) is 5.68. The van der Waals surface area contributed by atoms with Gasteiger partial charge in [0.05, 0.1) is 5.56 Å². The van der Waals surface area contributed by atoms with Crippen LogP contribution in [0.4, 0.5) is 26.3 Å². The molecule has 15 heteroatoms. The normalized spacial score (nSPS) is 14.3. The lowest BCUT2D eigenvalue weighted by molar-refractivity contribution is -0.0484. The summed E-state index contributed by atoms with van der Waals surface area (Å²) in [7, 11) is -19.5. The summed E-state index contributed by atoms with van der Waals surface area (Å²) < 4.78 is 147. The number of carbonyl (C=O) groups excluding carboxylic acids is 1. The first kappa shape index (κ1) is 35.0. The second-order valence-electron chi connectivity index (χ2n) is 9.92. The van der Waals surface area contributed by atoms with Gasteiger partial charge >= 0.3 is 17.0 Å². The van der Waals surface area contributed by atoms with Gasteiger partial charge in [0.1, 0.15) is 6.10 Å². The Morgan fingerprint density at radius 1 is 0.587 bits per heavy atom. The predicted octanol–water partition coefficient (Wildman–Crippen LogP) is 8.13. The number of ether oxygens (including phenoxy) is 1. The molecule has 0 aliphatic rings. The monoisotopic (exact) mass is 704 g/mol. The van der Waals surface area contributed by atoms with E-state index in [4.69, 9.17) is 4.74 Å². The number of carbonyl (C=O) groups is 1. The van der Waals surface area contributed by atoms with Gasteiger partial charge in [-0.2, -0.15) is 26.3 Å². The Balaban J connectivity index is 2.29. The van der Waals surface area contributed by atoms with Gasteiger partial charge in [-0.25, -0.2) is 21.6 Å². The smallest absolute Gasteiger partial charge is 0.459 e. The highest BCUT2D eigenvalue weighted by Crippen LogP contribution is 2.81. The van der Waals surface area contributed by atoms with E-state index in [1.807, 2.05) is 0 Å². The van der Waals surface area contributed by atoms with E-state index in [0.29, 0.717) is 0 Å². The lowest BCUT2D eigenvalue weighted by Crippen LogP contribution is -2.60. The van der Waals surface area contributed by atoms with Gasteiger partial charge in [0.25, 0.3) is 19.7 Å². The molecule has 1 atom stereocenters. The molecule has 0 saturated heterocycles. The van der Waals surface area contributed by atoms with Crippen molar-refractivity contribution in [1.29, 1.82) is 0 Å². The molecule has 0 radical (unpaired) electrons. The van der Waals surface area contributed by atoms with Crippen LogP contribution < -0.4 is 0 Å². The quantitative estimate of drug-likeness (QED) is 0.122. The molecule has 4 aromatic rings. The van der Waals surface area contributed by atoms with E-state index >= 15 is 0 Å². The maximum atomic E-state index is 15.0. The van der Waals surface area contributed by atoms with Gasteiger partial charge in [-0.3, -0.25) is 0 Å². The summed E-state index contributed by atoms with van der Waals surface area (Å²) >= 11 is 0. The lowest BCUT2D eigenvalue weighted by atomic mass is 10.2. The summed E-state index contributed by atoms with van der Waals surface area (Å²) in [6.45, 7) is 0.846.